The molecule has 0 spiro atoms. The molecule has 0 aliphatic rings. The minimum Gasteiger partial charge on any atom is -0.292 e. The largest absolute Gasteiger partial charge is 0.292 e. The average Bonchev–Trinajstić information content (AvgIpc) is 2.43. The minimum absolute atomic E-state index is 0.121. The van der Waals surface area contributed by atoms with E-state index in [-0.39, 0.29) is 11.1 Å². The normalized spacial score (nSPS) is 13.3. The Hall–Kier alpha value is -0.860. The highest BCUT2D eigenvalue weighted by atomic mass is 16.7. The van der Waals surface area contributed by atoms with Crippen LogP contribution in [0.3, 0.4) is 0 Å². The Bertz CT molecular complexity index is 440. The summed E-state index contributed by atoms with van der Waals surface area (Å²) in [4.78, 5) is 6.66. The van der Waals surface area contributed by atoms with Crippen LogP contribution in [0.4, 0.5) is 0 Å². The molecule has 0 aromatic heterocycles. The summed E-state index contributed by atoms with van der Waals surface area (Å²) < 4.78 is 0. The Labute approximate surface area is 144 Å². The molecule has 1 aromatic carbocycles. The first-order chi connectivity index (χ1) is 10.6. The third-order valence-electron chi connectivity index (χ3n) is 4.40. The van der Waals surface area contributed by atoms with Crippen molar-refractivity contribution in [3.8, 4) is 0 Å². The van der Waals surface area contributed by atoms with Crippen LogP contribution in [-0.4, -0.2) is 17.2 Å². The van der Waals surface area contributed by atoms with Gasteiger partial charge in [0, 0.05) is 6.54 Å². The predicted molar refractivity (Wildman–Crippen MR) is 100 cm³/mol. The van der Waals surface area contributed by atoms with Crippen LogP contribution < -0.4 is 0 Å². The molecule has 0 aliphatic heterocycles. The SMILES string of the molecule is CCN(OC(C)(CC(C)C)CC(C)C)C(C)(C)c1ccccc1. The number of benzene rings is 1. The fourth-order valence-electron chi connectivity index (χ4n) is 3.72. The van der Waals surface area contributed by atoms with E-state index in [9.17, 15) is 0 Å². The second-order valence-electron chi connectivity index (χ2n) is 8.36. The van der Waals surface area contributed by atoms with Crippen LogP contribution in [0, 0.1) is 11.8 Å². The summed E-state index contributed by atoms with van der Waals surface area (Å²) in [5.41, 5.74) is 1.02. The van der Waals surface area contributed by atoms with Crippen LogP contribution in [0.15, 0.2) is 30.3 Å². The molecule has 0 saturated heterocycles. The summed E-state index contributed by atoms with van der Waals surface area (Å²) in [5.74, 6) is 1.24. The van der Waals surface area contributed by atoms with Crippen molar-refractivity contribution < 1.29 is 4.84 Å². The van der Waals surface area contributed by atoms with Crippen molar-refractivity contribution in [3.05, 3.63) is 35.9 Å². The summed E-state index contributed by atoms with van der Waals surface area (Å²) in [6, 6.07) is 10.7. The van der Waals surface area contributed by atoms with Gasteiger partial charge in [0.05, 0.1) is 11.1 Å². The monoisotopic (exact) mass is 319 g/mol. The van der Waals surface area contributed by atoms with Crippen molar-refractivity contribution in [2.45, 2.75) is 79.4 Å². The van der Waals surface area contributed by atoms with Gasteiger partial charge >= 0.3 is 0 Å². The number of rotatable bonds is 9. The molecule has 0 radical (unpaired) electrons. The molecule has 0 amide bonds. The fraction of sp³-hybridized carbons (Fsp3) is 0.714. The molecule has 0 bridgehead atoms. The van der Waals surface area contributed by atoms with E-state index in [2.05, 4.69) is 90.8 Å². The molecule has 0 saturated carbocycles. The number of hydrogen-bond donors (Lipinski definition) is 0. The van der Waals surface area contributed by atoms with Gasteiger partial charge in [-0.15, -0.1) is 0 Å². The summed E-state index contributed by atoms with van der Waals surface area (Å²) in [5, 5.41) is 2.17. The van der Waals surface area contributed by atoms with E-state index in [4.69, 9.17) is 4.84 Å². The second-order valence-corrected chi connectivity index (χ2v) is 8.36. The molecule has 132 valence electrons. The van der Waals surface area contributed by atoms with Gasteiger partial charge in [-0.25, -0.2) is 0 Å². The first kappa shape index (κ1) is 20.2. The van der Waals surface area contributed by atoms with Gasteiger partial charge in [0.25, 0.3) is 0 Å². The lowest BCUT2D eigenvalue weighted by molar-refractivity contribution is -0.290. The summed E-state index contributed by atoms with van der Waals surface area (Å²) in [7, 11) is 0. The van der Waals surface area contributed by atoms with Crippen LogP contribution in [0.2, 0.25) is 0 Å². The molecule has 0 fully saturated rings. The van der Waals surface area contributed by atoms with E-state index >= 15 is 0 Å². The lowest BCUT2D eigenvalue weighted by atomic mass is 9.86. The highest BCUT2D eigenvalue weighted by Gasteiger charge is 2.36. The molecule has 2 heteroatoms. The molecule has 23 heavy (non-hydrogen) atoms. The zero-order valence-electron chi connectivity index (χ0n) is 16.5. The maximum atomic E-state index is 6.66. The van der Waals surface area contributed by atoms with Crippen molar-refractivity contribution in [3.63, 3.8) is 0 Å². The van der Waals surface area contributed by atoms with Crippen LogP contribution in [0.1, 0.15) is 73.8 Å². The van der Waals surface area contributed by atoms with E-state index in [0.717, 1.165) is 19.4 Å². The first-order valence-corrected chi connectivity index (χ1v) is 9.13. The molecule has 0 aliphatic carbocycles. The first-order valence-electron chi connectivity index (χ1n) is 9.13. The van der Waals surface area contributed by atoms with Gasteiger partial charge in [-0.1, -0.05) is 65.0 Å². The lowest BCUT2D eigenvalue weighted by Crippen LogP contribution is -2.48. The van der Waals surface area contributed by atoms with Gasteiger partial charge in [-0.2, -0.15) is 5.06 Å². The smallest absolute Gasteiger partial charge is 0.0877 e. The van der Waals surface area contributed by atoms with Crippen molar-refractivity contribution in [2.75, 3.05) is 6.54 Å². The third-order valence-corrected chi connectivity index (χ3v) is 4.40. The van der Waals surface area contributed by atoms with Crippen LogP contribution >= 0.6 is 0 Å². The number of hydrogen-bond acceptors (Lipinski definition) is 2. The Morgan fingerprint density at radius 2 is 1.39 bits per heavy atom. The molecule has 0 unspecified atom stereocenters. The Balaban J connectivity index is 3.02. The van der Waals surface area contributed by atoms with E-state index in [1.54, 1.807) is 0 Å². The van der Waals surface area contributed by atoms with Crippen molar-refractivity contribution >= 4 is 0 Å². The maximum absolute atomic E-state index is 6.66. The van der Waals surface area contributed by atoms with Crippen LogP contribution in [0.5, 0.6) is 0 Å². The lowest BCUT2D eigenvalue weighted by Gasteiger charge is -2.44. The van der Waals surface area contributed by atoms with Gasteiger partial charge in [0.1, 0.15) is 0 Å². The van der Waals surface area contributed by atoms with Gasteiger partial charge < -0.3 is 0 Å². The third kappa shape index (κ3) is 5.93. The Kier molecular flexibility index (Phi) is 7.29. The summed E-state index contributed by atoms with van der Waals surface area (Å²) in [6.45, 7) is 18.9. The zero-order valence-corrected chi connectivity index (χ0v) is 16.5. The van der Waals surface area contributed by atoms with E-state index in [1.165, 1.54) is 5.56 Å². The van der Waals surface area contributed by atoms with E-state index in [0.29, 0.717) is 11.8 Å². The standard InChI is InChI=1S/C21H37NO/c1-9-22(20(6,7)19-13-11-10-12-14-19)23-21(8,15-17(2)3)16-18(4)5/h10-14,17-18H,9,15-16H2,1-8H3. The topological polar surface area (TPSA) is 12.5 Å². The van der Waals surface area contributed by atoms with Crippen molar-refractivity contribution in [1.29, 1.82) is 0 Å². The minimum atomic E-state index is -0.148. The van der Waals surface area contributed by atoms with E-state index < -0.39 is 0 Å². The average molecular weight is 320 g/mol. The van der Waals surface area contributed by atoms with Gasteiger partial charge in [0.15, 0.2) is 0 Å². The number of nitrogens with zero attached hydrogens (tertiary/aromatic N) is 1. The van der Waals surface area contributed by atoms with Crippen molar-refractivity contribution in [2.24, 2.45) is 11.8 Å². The highest BCUT2D eigenvalue weighted by molar-refractivity contribution is 5.22. The maximum Gasteiger partial charge on any atom is 0.0877 e. The molecule has 1 rings (SSSR count). The summed E-state index contributed by atoms with van der Waals surface area (Å²) >= 11 is 0. The number of hydroxylamine groups is 2. The molecule has 0 atom stereocenters. The van der Waals surface area contributed by atoms with Gasteiger partial charge in [-0.3, -0.25) is 4.84 Å². The van der Waals surface area contributed by atoms with Crippen LogP contribution in [-0.2, 0) is 10.4 Å². The zero-order chi connectivity index (χ0) is 17.7. The quantitative estimate of drug-likeness (QED) is 0.515. The molecule has 2 nitrogen and oxygen atoms in total. The van der Waals surface area contributed by atoms with E-state index in [1.807, 2.05) is 0 Å². The second kappa shape index (κ2) is 8.30. The van der Waals surface area contributed by atoms with Crippen LogP contribution in [0.25, 0.3) is 0 Å². The Morgan fingerprint density at radius 3 is 1.78 bits per heavy atom. The van der Waals surface area contributed by atoms with Gasteiger partial charge in [-0.05, 0) is 51.0 Å². The Morgan fingerprint density at radius 1 is 0.913 bits per heavy atom. The molecule has 0 heterocycles. The van der Waals surface area contributed by atoms with Crippen molar-refractivity contribution in [1.82, 2.24) is 5.06 Å². The molecular formula is C21H37NO. The molecule has 1 aromatic rings. The van der Waals surface area contributed by atoms with Gasteiger partial charge in [0.2, 0.25) is 0 Å². The molecule has 0 N–H and O–H groups in total. The fourth-order valence-corrected chi connectivity index (χ4v) is 3.72. The summed E-state index contributed by atoms with van der Waals surface area (Å²) in [6.07, 6.45) is 2.15. The highest BCUT2D eigenvalue weighted by Crippen LogP contribution is 2.35. The molecular weight excluding hydrogens is 282 g/mol. The predicted octanol–water partition coefficient (Wildman–Crippen LogP) is 6.03.